The minimum Gasteiger partial charge on any atom is -0.497 e. The molecule has 0 aliphatic heterocycles. The van der Waals surface area contributed by atoms with Crippen LogP contribution in [0.15, 0.2) is 40.8 Å². The van der Waals surface area contributed by atoms with Crippen LogP contribution in [0, 0.1) is 0 Å². The Morgan fingerprint density at radius 1 is 1.18 bits per heavy atom. The number of hydrogen-bond acceptors (Lipinski definition) is 4. The normalized spacial score (nSPS) is 10.3. The van der Waals surface area contributed by atoms with E-state index in [9.17, 15) is 4.79 Å². The van der Waals surface area contributed by atoms with Crippen molar-refractivity contribution in [1.82, 2.24) is 4.90 Å². The third-order valence-corrected chi connectivity index (χ3v) is 3.37. The van der Waals surface area contributed by atoms with Crippen LogP contribution in [0.3, 0.4) is 0 Å². The van der Waals surface area contributed by atoms with Crippen molar-refractivity contribution in [2.75, 3.05) is 27.3 Å². The minimum atomic E-state index is -0.199. The lowest BCUT2D eigenvalue weighted by atomic mass is 10.3. The number of likely N-dealkylation sites (N-methyl/N-ethyl adjacent to an activating group) is 1. The van der Waals surface area contributed by atoms with Crippen molar-refractivity contribution in [3.63, 3.8) is 0 Å². The Hall–Kier alpha value is -2.14. The quantitative estimate of drug-likeness (QED) is 0.734. The molecule has 2 rings (SSSR count). The molecule has 0 spiro atoms. The predicted molar refractivity (Wildman–Crippen MR) is 83.7 cm³/mol. The minimum absolute atomic E-state index is 0.199. The number of methoxy groups -OCH3 is 1. The Kier molecular flexibility index (Phi) is 5.72. The highest BCUT2D eigenvalue weighted by Crippen LogP contribution is 2.17. The summed E-state index contributed by atoms with van der Waals surface area (Å²) in [4.78, 5) is 13.7. The van der Waals surface area contributed by atoms with E-state index in [-0.39, 0.29) is 17.5 Å². The maximum atomic E-state index is 12.1. The largest absolute Gasteiger partial charge is 0.497 e. The summed E-state index contributed by atoms with van der Waals surface area (Å²) < 4.78 is 16.0. The van der Waals surface area contributed by atoms with Crippen LogP contribution in [0.1, 0.15) is 16.3 Å². The Morgan fingerprint density at radius 2 is 1.86 bits per heavy atom. The highest BCUT2D eigenvalue weighted by Gasteiger charge is 2.15. The van der Waals surface area contributed by atoms with E-state index in [1.807, 2.05) is 24.3 Å². The van der Waals surface area contributed by atoms with Gasteiger partial charge < -0.3 is 18.8 Å². The second-order valence-electron chi connectivity index (χ2n) is 4.65. The predicted octanol–water partition coefficient (Wildman–Crippen LogP) is 3.18. The van der Waals surface area contributed by atoms with E-state index in [4.69, 9.17) is 25.5 Å². The summed E-state index contributed by atoms with van der Waals surface area (Å²) in [7, 11) is 3.31. The zero-order valence-electron chi connectivity index (χ0n) is 12.5. The van der Waals surface area contributed by atoms with Crippen molar-refractivity contribution in [2.45, 2.75) is 5.88 Å². The van der Waals surface area contributed by atoms with Crippen LogP contribution in [-0.4, -0.2) is 38.1 Å². The molecular weight excluding hydrogens is 306 g/mol. The molecule has 0 saturated carbocycles. The van der Waals surface area contributed by atoms with Gasteiger partial charge in [0.2, 0.25) is 0 Å². The number of rotatable bonds is 7. The number of alkyl halides is 1. The summed E-state index contributed by atoms with van der Waals surface area (Å²) in [6.45, 7) is 0.833. The SMILES string of the molecule is COc1ccc(OCCN(C)C(=O)c2ccc(CCl)o2)cc1. The van der Waals surface area contributed by atoms with Gasteiger partial charge in [-0.15, -0.1) is 11.6 Å². The summed E-state index contributed by atoms with van der Waals surface area (Å²) in [5.74, 6) is 2.40. The summed E-state index contributed by atoms with van der Waals surface area (Å²) in [6.07, 6.45) is 0. The van der Waals surface area contributed by atoms with Crippen molar-refractivity contribution in [1.29, 1.82) is 0 Å². The van der Waals surface area contributed by atoms with Gasteiger partial charge in [-0.2, -0.15) is 0 Å². The van der Waals surface area contributed by atoms with Crippen LogP contribution in [0.25, 0.3) is 0 Å². The Balaban J connectivity index is 1.81. The van der Waals surface area contributed by atoms with Gasteiger partial charge in [-0.1, -0.05) is 0 Å². The number of nitrogens with zero attached hydrogens (tertiary/aromatic N) is 1. The number of carbonyl (C=O) groups is 1. The van der Waals surface area contributed by atoms with Gasteiger partial charge in [-0.05, 0) is 36.4 Å². The first-order chi connectivity index (χ1) is 10.6. The third kappa shape index (κ3) is 4.18. The molecule has 6 heteroatoms. The van der Waals surface area contributed by atoms with E-state index in [0.29, 0.717) is 18.9 Å². The van der Waals surface area contributed by atoms with Crippen LogP contribution < -0.4 is 9.47 Å². The van der Waals surface area contributed by atoms with Gasteiger partial charge >= 0.3 is 0 Å². The van der Waals surface area contributed by atoms with E-state index in [1.165, 1.54) is 0 Å². The average molecular weight is 324 g/mol. The van der Waals surface area contributed by atoms with Gasteiger partial charge in [0, 0.05) is 7.05 Å². The van der Waals surface area contributed by atoms with E-state index in [1.54, 1.807) is 31.2 Å². The molecule has 0 radical (unpaired) electrons. The van der Waals surface area contributed by atoms with Crippen LogP contribution in [-0.2, 0) is 5.88 Å². The van der Waals surface area contributed by atoms with E-state index in [2.05, 4.69) is 0 Å². The lowest BCUT2D eigenvalue weighted by Gasteiger charge is -2.16. The smallest absolute Gasteiger partial charge is 0.289 e. The molecule has 0 saturated heterocycles. The zero-order valence-corrected chi connectivity index (χ0v) is 13.3. The van der Waals surface area contributed by atoms with Crippen molar-refractivity contribution in [3.05, 3.63) is 47.9 Å². The first kappa shape index (κ1) is 16.2. The maximum absolute atomic E-state index is 12.1. The number of amides is 1. The molecule has 118 valence electrons. The first-order valence-corrected chi connectivity index (χ1v) is 7.34. The second-order valence-corrected chi connectivity index (χ2v) is 4.92. The highest BCUT2D eigenvalue weighted by molar-refractivity contribution is 6.16. The summed E-state index contributed by atoms with van der Waals surface area (Å²) in [5, 5.41) is 0. The van der Waals surface area contributed by atoms with Crippen molar-refractivity contribution in [2.24, 2.45) is 0 Å². The zero-order chi connectivity index (χ0) is 15.9. The van der Waals surface area contributed by atoms with Crippen LogP contribution in [0.5, 0.6) is 11.5 Å². The molecule has 1 aromatic heterocycles. The van der Waals surface area contributed by atoms with E-state index in [0.717, 1.165) is 11.5 Å². The third-order valence-electron chi connectivity index (χ3n) is 3.11. The number of carbonyl (C=O) groups excluding carboxylic acids is 1. The molecule has 1 amide bonds. The fourth-order valence-electron chi connectivity index (χ4n) is 1.83. The fraction of sp³-hybridized carbons (Fsp3) is 0.312. The maximum Gasteiger partial charge on any atom is 0.289 e. The Labute approximate surface area is 134 Å². The van der Waals surface area contributed by atoms with Gasteiger partial charge in [0.05, 0.1) is 19.5 Å². The molecule has 0 unspecified atom stereocenters. The average Bonchev–Trinajstić information content (AvgIpc) is 3.03. The van der Waals surface area contributed by atoms with Crippen molar-refractivity contribution in [3.8, 4) is 11.5 Å². The summed E-state index contributed by atoms with van der Waals surface area (Å²) in [6, 6.07) is 10.6. The van der Waals surface area contributed by atoms with Gasteiger partial charge in [0.1, 0.15) is 23.9 Å². The van der Waals surface area contributed by atoms with Gasteiger partial charge in [0.25, 0.3) is 5.91 Å². The van der Waals surface area contributed by atoms with E-state index < -0.39 is 0 Å². The monoisotopic (exact) mass is 323 g/mol. The number of benzene rings is 1. The van der Waals surface area contributed by atoms with Crippen molar-refractivity contribution < 1.29 is 18.7 Å². The lowest BCUT2D eigenvalue weighted by Crippen LogP contribution is -2.30. The lowest BCUT2D eigenvalue weighted by molar-refractivity contribution is 0.0741. The molecular formula is C16H18ClNO4. The molecule has 0 fully saturated rings. The van der Waals surface area contributed by atoms with Crippen LogP contribution >= 0.6 is 11.6 Å². The number of furan rings is 1. The molecule has 0 N–H and O–H groups in total. The molecule has 0 bridgehead atoms. The topological polar surface area (TPSA) is 51.9 Å². The molecule has 2 aromatic rings. The molecule has 22 heavy (non-hydrogen) atoms. The molecule has 0 atom stereocenters. The standard InChI is InChI=1S/C16H18ClNO4/c1-18(16(19)15-8-7-14(11-17)22-15)9-10-21-13-5-3-12(20-2)4-6-13/h3-8H,9-11H2,1-2H3. The molecule has 1 heterocycles. The Bertz CT molecular complexity index is 609. The van der Waals surface area contributed by atoms with E-state index >= 15 is 0 Å². The summed E-state index contributed by atoms with van der Waals surface area (Å²) in [5.41, 5.74) is 0. The molecule has 1 aromatic carbocycles. The van der Waals surface area contributed by atoms with Gasteiger partial charge in [-0.3, -0.25) is 4.79 Å². The van der Waals surface area contributed by atoms with Crippen molar-refractivity contribution >= 4 is 17.5 Å². The number of halogens is 1. The highest BCUT2D eigenvalue weighted by atomic mass is 35.5. The molecule has 5 nitrogen and oxygen atoms in total. The second kappa shape index (κ2) is 7.75. The fourth-order valence-corrected chi connectivity index (χ4v) is 1.97. The number of ether oxygens (including phenoxy) is 2. The summed E-state index contributed by atoms with van der Waals surface area (Å²) >= 11 is 5.65. The molecule has 0 aliphatic carbocycles. The number of hydrogen-bond donors (Lipinski definition) is 0. The Morgan fingerprint density at radius 3 is 2.45 bits per heavy atom. The van der Waals surface area contributed by atoms with Crippen LogP contribution in [0.2, 0.25) is 0 Å². The van der Waals surface area contributed by atoms with Gasteiger partial charge in [0.15, 0.2) is 5.76 Å². The van der Waals surface area contributed by atoms with Gasteiger partial charge in [-0.25, -0.2) is 0 Å². The molecule has 0 aliphatic rings. The first-order valence-electron chi connectivity index (χ1n) is 6.81. The van der Waals surface area contributed by atoms with Crippen LogP contribution in [0.4, 0.5) is 0 Å².